The summed E-state index contributed by atoms with van der Waals surface area (Å²) in [6, 6.07) is 0. The molecule has 2 aromatic heterocycles. The van der Waals surface area contributed by atoms with Gasteiger partial charge in [-0.3, -0.25) is 9.69 Å². The standard InChI is InChI=1S/C16H19N5O2S/c1-11(22)20-15-18-6-13(24-15)7-21-4-2-3-16(9-21)14-12(8-23-16)5-17-10-19-14/h5-6,10H,2-4,7-9H2,1H3,(H,18,20,22). The number of carbonyl (C=O) groups excluding carboxylic acids is 1. The summed E-state index contributed by atoms with van der Waals surface area (Å²) in [7, 11) is 0. The second-order valence-corrected chi connectivity index (χ2v) is 7.42. The molecule has 1 saturated heterocycles. The highest BCUT2D eigenvalue weighted by Gasteiger charge is 2.44. The third-order valence-corrected chi connectivity index (χ3v) is 5.37. The molecule has 1 fully saturated rings. The number of likely N-dealkylation sites (tertiary alicyclic amines) is 1. The second-order valence-electron chi connectivity index (χ2n) is 6.31. The summed E-state index contributed by atoms with van der Waals surface area (Å²) < 4.78 is 6.16. The number of fused-ring (bicyclic) bond motifs is 2. The Morgan fingerprint density at radius 3 is 3.25 bits per heavy atom. The van der Waals surface area contributed by atoms with E-state index in [4.69, 9.17) is 4.74 Å². The fraction of sp³-hybridized carbons (Fsp3) is 0.500. The van der Waals surface area contributed by atoms with Crippen LogP contribution in [0.15, 0.2) is 18.7 Å². The molecule has 2 aliphatic rings. The Labute approximate surface area is 144 Å². The van der Waals surface area contributed by atoms with Crippen LogP contribution in [0.5, 0.6) is 0 Å². The molecule has 1 atom stereocenters. The summed E-state index contributed by atoms with van der Waals surface area (Å²) >= 11 is 1.52. The third kappa shape index (κ3) is 2.92. The van der Waals surface area contributed by atoms with Crippen LogP contribution in [0.3, 0.4) is 0 Å². The molecule has 24 heavy (non-hydrogen) atoms. The van der Waals surface area contributed by atoms with E-state index in [1.54, 1.807) is 6.33 Å². The van der Waals surface area contributed by atoms with Crippen LogP contribution in [0.4, 0.5) is 5.13 Å². The number of piperidine rings is 1. The number of anilines is 1. The SMILES string of the molecule is CC(=O)Nc1ncc(CN2CCCC3(C2)OCc2cncnc23)s1. The van der Waals surface area contributed by atoms with E-state index in [-0.39, 0.29) is 11.5 Å². The number of rotatable bonds is 3. The molecule has 2 aromatic rings. The van der Waals surface area contributed by atoms with Crippen molar-refractivity contribution in [2.24, 2.45) is 0 Å². The maximum absolute atomic E-state index is 11.1. The molecule has 8 heteroatoms. The Morgan fingerprint density at radius 1 is 1.46 bits per heavy atom. The molecule has 1 amide bonds. The lowest BCUT2D eigenvalue weighted by Crippen LogP contribution is -2.45. The topological polar surface area (TPSA) is 80.2 Å². The van der Waals surface area contributed by atoms with Gasteiger partial charge in [0.1, 0.15) is 11.9 Å². The number of nitrogens with zero attached hydrogens (tertiary/aromatic N) is 4. The van der Waals surface area contributed by atoms with E-state index in [0.29, 0.717) is 11.7 Å². The van der Waals surface area contributed by atoms with Crippen LogP contribution < -0.4 is 5.32 Å². The zero-order chi connectivity index (χ0) is 16.6. The van der Waals surface area contributed by atoms with Crippen LogP contribution in [0, 0.1) is 0 Å². The molecule has 4 heterocycles. The summed E-state index contributed by atoms with van der Waals surface area (Å²) in [5, 5.41) is 3.38. The monoisotopic (exact) mass is 345 g/mol. The van der Waals surface area contributed by atoms with Gasteiger partial charge in [-0.05, 0) is 19.4 Å². The van der Waals surface area contributed by atoms with E-state index in [2.05, 4.69) is 25.2 Å². The molecule has 126 valence electrons. The minimum atomic E-state index is -0.304. The molecule has 4 rings (SSSR count). The van der Waals surface area contributed by atoms with Crippen molar-refractivity contribution in [3.05, 3.63) is 34.9 Å². The number of hydrogen-bond acceptors (Lipinski definition) is 7. The maximum atomic E-state index is 11.1. The minimum absolute atomic E-state index is 0.0940. The Kier molecular flexibility index (Phi) is 4.03. The summed E-state index contributed by atoms with van der Waals surface area (Å²) in [4.78, 5) is 27.5. The van der Waals surface area contributed by atoms with E-state index < -0.39 is 0 Å². The van der Waals surface area contributed by atoms with Crippen LogP contribution >= 0.6 is 11.3 Å². The maximum Gasteiger partial charge on any atom is 0.223 e. The zero-order valence-corrected chi connectivity index (χ0v) is 14.3. The van der Waals surface area contributed by atoms with Gasteiger partial charge in [0.2, 0.25) is 5.91 Å². The zero-order valence-electron chi connectivity index (χ0n) is 13.5. The highest BCUT2D eigenvalue weighted by molar-refractivity contribution is 7.15. The van der Waals surface area contributed by atoms with Crippen LogP contribution in [-0.2, 0) is 28.3 Å². The Morgan fingerprint density at radius 2 is 2.38 bits per heavy atom. The van der Waals surface area contributed by atoms with Crippen molar-refractivity contribution >= 4 is 22.4 Å². The normalized spacial score (nSPS) is 23.4. The first-order valence-corrected chi connectivity index (χ1v) is 8.84. The van der Waals surface area contributed by atoms with Crippen molar-refractivity contribution in [1.82, 2.24) is 19.9 Å². The fourth-order valence-corrected chi connectivity index (χ4v) is 4.42. The Hall–Kier alpha value is -1.90. The van der Waals surface area contributed by atoms with Gasteiger partial charge in [-0.2, -0.15) is 0 Å². The van der Waals surface area contributed by atoms with Gasteiger partial charge in [-0.25, -0.2) is 15.0 Å². The number of aromatic nitrogens is 3. The van der Waals surface area contributed by atoms with Gasteiger partial charge in [0, 0.05) is 42.8 Å². The second kappa shape index (κ2) is 6.19. The number of carbonyl (C=O) groups is 1. The van der Waals surface area contributed by atoms with E-state index in [9.17, 15) is 4.79 Å². The molecule has 1 N–H and O–H groups in total. The number of amides is 1. The van der Waals surface area contributed by atoms with Gasteiger partial charge in [0.05, 0.1) is 12.3 Å². The van der Waals surface area contributed by atoms with Crippen molar-refractivity contribution in [2.45, 2.75) is 38.5 Å². The average molecular weight is 345 g/mol. The predicted molar refractivity (Wildman–Crippen MR) is 89.4 cm³/mol. The molecule has 7 nitrogen and oxygen atoms in total. The predicted octanol–water partition coefficient (Wildman–Crippen LogP) is 1.91. The molecule has 0 aromatic carbocycles. The van der Waals surface area contributed by atoms with Crippen molar-refractivity contribution in [3.63, 3.8) is 0 Å². The van der Waals surface area contributed by atoms with Gasteiger partial charge >= 0.3 is 0 Å². The summed E-state index contributed by atoms with van der Waals surface area (Å²) in [5.41, 5.74) is 1.84. The van der Waals surface area contributed by atoms with E-state index in [1.165, 1.54) is 18.3 Å². The van der Waals surface area contributed by atoms with Crippen LogP contribution in [0.25, 0.3) is 0 Å². The first-order valence-electron chi connectivity index (χ1n) is 8.03. The molecule has 0 bridgehead atoms. The van der Waals surface area contributed by atoms with Gasteiger partial charge in [-0.15, -0.1) is 11.3 Å². The number of nitrogens with one attached hydrogen (secondary N) is 1. The van der Waals surface area contributed by atoms with E-state index in [1.807, 2.05) is 12.4 Å². The molecule has 1 unspecified atom stereocenters. The largest absolute Gasteiger partial charge is 0.363 e. The summed E-state index contributed by atoms with van der Waals surface area (Å²) in [6.07, 6.45) is 7.37. The molecule has 2 aliphatic heterocycles. The lowest BCUT2D eigenvalue weighted by Gasteiger charge is -2.39. The van der Waals surface area contributed by atoms with Gasteiger partial charge in [-0.1, -0.05) is 0 Å². The molecular weight excluding hydrogens is 326 g/mol. The highest BCUT2D eigenvalue weighted by Crippen LogP contribution is 2.41. The van der Waals surface area contributed by atoms with Crippen LogP contribution in [-0.4, -0.2) is 38.8 Å². The summed E-state index contributed by atoms with van der Waals surface area (Å²) in [6.45, 7) is 4.75. The number of hydrogen-bond donors (Lipinski definition) is 1. The van der Waals surface area contributed by atoms with Crippen molar-refractivity contribution in [2.75, 3.05) is 18.4 Å². The van der Waals surface area contributed by atoms with Crippen molar-refractivity contribution in [3.8, 4) is 0 Å². The number of thiazole rings is 1. The first kappa shape index (κ1) is 15.6. The number of ether oxygens (including phenoxy) is 1. The Bertz CT molecular complexity index is 760. The van der Waals surface area contributed by atoms with Crippen LogP contribution in [0.2, 0.25) is 0 Å². The van der Waals surface area contributed by atoms with Gasteiger partial charge < -0.3 is 10.1 Å². The smallest absolute Gasteiger partial charge is 0.223 e. The van der Waals surface area contributed by atoms with E-state index >= 15 is 0 Å². The molecular formula is C16H19N5O2S. The third-order valence-electron chi connectivity index (χ3n) is 4.47. The molecule has 0 radical (unpaired) electrons. The quantitative estimate of drug-likeness (QED) is 0.915. The average Bonchev–Trinajstić information content (AvgIpc) is 3.13. The van der Waals surface area contributed by atoms with Crippen LogP contribution in [0.1, 0.15) is 35.9 Å². The van der Waals surface area contributed by atoms with Gasteiger partial charge in [0.25, 0.3) is 0 Å². The fourth-order valence-electron chi connectivity index (χ4n) is 3.52. The first-order chi connectivity index (χ1) is 11.6. The molecule has 0 aliphatic carbocycles. The molecule has 1 spiro atoms. The van der Waals surface area contributed by atoms with E-state index in [0.717, 1.165) is 48.6 Å². The Balaban J connectivity index is 1.48. The highest BCUT2D eigenvalue weighted by atomic mass is 32.1. The van der Waals surface area contributed by atoms with Crippen molar-refractivity contribution in [1.29, 1.82) is 0 Å². The summed E-state index contributed by atoms with van der Waals surface area (Å²) in [5.74, 6) is -0.0940. The molecule has 0 saturated carbocycles. The lowest BCUT2D eigenvalue weighted by molar-refractivity contribution is -0.114. The van der Waals surface area contributed by atoms with Crippen molar-refractivity contribution < 1.29 is 9.53 Å². The van der Waals surface area contributed by atoms with Gasteiger partial charge in [0.15, 0.2) is 5.13 Å². The minimum Gasteiger partial charge on any atom is -0.363 e. The lowest BCUT2D eigenvalue weighted by atomic mass is 9.89.